The van der Waals surface area contributed by atoms with E-state index in [0.29, 0.717) is 18.8 Å². The molecule has 1 atom stereocenters. The maximum atomic E-state index is 12.1. The predicted octanol–water partition coefficient (Wildman–Crippen LogP) is 2.06. The van der Waals surface area contributed by atoms with Crippen LogP contribution in [0.3, 0.4) is 0 Å². The number of likely N-dealkylation sites (tertiary alicyclic amines) is 1. The molecular formula is C16H23NO3. The highest BCUT2D eigenvalue weighted by Gasteiger charge is 2.30. The quantitative estimate of drug-likeness (QED) is 0.920. The number of hydrogen-bond donors (Lipinski definition) is 1. The molecular weight excluding hydrogens is 254 g/mol. The molecule has 1 aliphatic heterocycles. The van der Waals surface area contributed by atoms with Crippen LogP contribution < -0.4 is 4.74 Å². The molecule has 1 aromatic carbocycles. The summed E-state index contributed by atoms with van der Waals surface area (Å²) in [5.41, 5.74) is 1.58. The molecule has 0 radical (unpaired) electrons. The Morgan fingerprint density at radius 2 is 2.15 bits per heavy atom. The van der Waals surface area contributed by atoms with E-state index in [4.69, 9.17) is 4.74 Å². The molecule has 1 heterocycles. The maximum absolute atomic E-state index is 12.1. The van der Waals surface area contributed by atoms with E-state index in [9.17, 15) is 9.90 Å². The number of ether oxygens (including phenoxy) is 1. The van der Waals surface area contributed by atoms with Crippen molar-refractivity contribution < 1.29 is 14.6 Å². The Hall–Kier alpha value is -1.55. The van der Waals surface area contributed by atoms with Crippen molar-refractivity contribution in [2.24, 2.45) is 0 Å². The number of piperidine rings is 1. The minimum absolute atomic E-state index is 0.0264. The topological polar surface area (TPSA) is 49.8 Å². The molecule has 1 fully saturated rings. The molecule has 1 unspecified atom stereocenters. The zero-order valence-electron chi connectivity index (χ0n) is 12.5. The Balaban J connectivity index is 1.90. The molecule has 0 bridgehead atoms. The largest absolute Gasteiger partial charge is 0.484 e. The lowest BCUT2D eigenvalue weighted by molar-refractivity contribution is -0.139. The van der Waals surface area contributed by atoms with Gasteiger partial charge in [0.1, 0.15) is 5.75 Å². The number of carbonyl (C=O) groups is 1. The third kappa shape index (κ3) is 3.73. The third-order valence-electron chi connectivity index (χ3n) is 3.87. The van der Waals surface area contributed by atoms with Gasteiger partial charge in [-0.05, 0) is 56.9 Å². The van der Waals surface area contributed by atoms with Gasteiger partial charge in [-0.2, -0.15) is 0 Å². The van der Waals surface area contributed by atoms with Crippen LogP contribution in [0.1, 0.15) is 30.9 Å². The summed E-state index contributed by atoms with van der Waals surface area (Å²) in [6.45, 7) is 6.95. The summed E-state index contributed by atoms with van der Waals surface area (Å²) in [6.07, 6.45) is 1.58. The van der Waals surface area contributed by atoms with Crippen molar-refractivity contribution in [1.29, 1.82) is 0 Å². The number of carbonyl (C=O) groups excluding carboxylic acids is 1. The van der Waals surface area contributed by atoms with Crippen LogP contribution in [0.15, 0.2) is 18.2 Å². The molecule has 4 heteroatoms. The fraction of sp³-hybridized carbons (Fsp3) is 0.562. The number of benzene rings is 1. The monoisotopic (exact) mass is 277 g/mol. The van der Waals surface area contributed by atoms with Crippen LogP contribution in [0.25, 0.3) is 0 Å². The molecule has 0 aromatic heterocycles. The van der Waals surface area contributed by atoms with Gasteiger partial charge in [0, 0.05) is 13.1 Å². The number of amides is 1. The summed E-state index contributed by atoms with van der Waals surface area (Å²) < 4.78 is 5.55. The van der Waals surface area contributed by atoms with E-state index in [1.165, 1.54) is 5.56 Å². The molecule has 1 amide bonds. The first kappa shape index (κ1) is 14.9. The number of rotatable bonds is 3. The van der Waals surface area contributed by atoms with E-state index in [1.54, 1.807) is 11.8 Å². The van der Waals surface area contributed by atoms with Gasteiger partial charge in [-0.3, -0.25) is 4.79 Å². The van der Waals surface area contributed by atoms with E-state index in [-0.39, 0.29) is 12.5 Å². The first-order valence-corrected chi connectivity index (χ1v) is 7.08. The van der Waals surface area contributed by atoms with Gasteiger partial charge in [0.2, 0.25) is 0 Å². The lowest BCUT2D eigenvalue weighted by Gasteiger charge is -2.36. The summed E-state index contributed by atoms with van der Waals surface area (Å²) in [5, 5.41) is 10.0. The third-order valence-corrected chi connectivity index (χ3v) is 3.87. The highest BCUT2D eigenvalue weighted by molar-refractivity contribution is 5.78. The van der Waals surface area contributed by atoms with Crippen LogP contribution in [0, 0.1) is 13.8 Å². The van der Waals surface area contributed by atoms with E-state index in [2.05, 4.69) is 0 Å². The molecule has 0 aliphatic carbocycles. The van der Waals surface area contributed by atoms with Crippen molar-refractivity contribution >= 4 is 5.91 Å². The highest BCUT2D eigenvalue weighted by atomic mass is 16.5. The summed E-state index contributed by atoms with van der Waals surface area (Å²) in [4.78, 5) is 13.8. The summed E-state index contributed by atoms with van der Waals surface area (Å²) >= 11 is 0. The number of hydrogen-bond acceptors (Lipinski definition) is 3. The lowest BCUT2D eigenvalue weighted by Crippen LogP contribution is -2.49. The average Bonchev–Trinajstić information content (AvgIpc) is 2.38. The molecule has 2 rings (SSSR count). The molecule has 4 nitrogen and oxygen atoms in total. The molecule has 1 saturated heterocycles. The van der Waals surface area contributed by atoms with Crippen molar-refractivity contribution in [2.45, 2.75) is 39.2 Å². The Labute approximate surface area is 120 Å². The number of nitrogens with zero attached hydrogens (tertiary/aromatic N) is 1. The highest BCUT2D eigenvalue weighted by Crippen LogP contribution is 2.21. The van der Waals surface area contributed by atoms with Crippen molar-refractivity contribution in [2.75, 3.05) is 19.7 Å². The smallest absolute Gasteiger partial charge is 0.260 e. The van der Waals surface area contributed by atoms with Crippen LogP contribution in [0.4, 0.5) is 0 Å². The van der Waals surface area contributed by atoms with E-state index in [0.717, 1.165) is 18.4 Å². The zero-order valence-corrected chi connectivity index (χ0v) is 12.5. The SMILES string of the molecule is Cc1ccc(OCC(=O)N2CCCC(C)(O)C2)cc1C. The van der Waals surface area contributed by atoms with Crippen LogP contribution in [-0.2, 0) is 4.79 Å². The first-order valence-electron chi connectivity index (χ1n) is 7.08. The Kier molecular flexibility index (Phi) is 4.33. The van der Waals surface area contributed by atoms with Gasteiger partial charge in [0.15, 0.2) is 6.61 Å². The fourth-order valence-corrected chi connectivity index (χ4v) is 2.47. The Bertz CT molecular complexity index is 496. The Morgan fingerprint density at radius 3 is 2.80 bits per heavy atom. The molecule has 1 aromatic rings. The molecule has 0 spiro atoms. The minimum Gasteiger partial charge on any atom is -0.484 e. The summed E-state index contributed by atoms with van der Waals surface area (Å²) in [5.74, 6) is 0.647. The minimum atomic E-state index is -0.769. The number of β-amino-alcohol motifs (C(OH)–C–C–N with tert-alkyl or cyclic N) is 1. The van der Waals surface area contributed by atoms with Gasteiger partial charge < -0.3 is 14.7 Å². The molecule has 1 N–H and O–H groups in total. The zero-order chi connectivity index (χ0) is 14.8. The molecule has 110 valence electrons. The fourth-order valence-electron chi connectivity index (χ4n) is 2.47. The maximum Gasteiger partial charge on any atom is 0.260 e. The Morgan fingerprint density at radius 1 is 1.40 bits per heavy atom. The van der Waals surface area contributed by atoms with Crippen molar-refractivity contribution in [3.8, 4) is 5.75 Å². The molecule has 20 heavy (non-hydrogen) atoms. The van der Waals surface area contributed by atoms with Gasteiger partial charge in [-0.15, -0.1) is 0 Å². The summed E-state index contributed by atoms with van der Waals surface area (Å²) in [7, 11) is 0. The van der Waals surface area contributed by atoms with Crippen LogP contribution in [-0.4, -0.2) is 41.2 Å². The van der Waals surface area contributed by atoms with Crippen LogP contribution in [0.2, 0.25) is 0 Å². The van der Waals surface area contributed by atoms with Gasteiger partial charge in [-0.25, -0.2) is 0 Å². The van der Waals surface area contributed by atoms with Gasteiger partial charge >= 0.3 is 0 Å². The van der Waals surface area contributed by atoms with E-state index >= 15 is 0 Å². The van der Waals surface area contributed by atoms with Gasteiger partial charge in [-0.1, -0.05) is 6.07 Å². The second-order valence-corrected chi connectivity index (χ2v) is 5.95. The first-order chi connectivity index (χ1) is 9.37. The van der Waals surface area contributed by atoms with Crippen molar-refractivity contribution in [3.63, 3.8) is 0 Å². The van der Waals surface area contributed by atoms with Crippen molar-refractivity contribution in [3.05, 3.63) is 29.3 Å². The standard InChI is InChI=1S/C16H23NO3/c1-12-5-6-14(9-13(12)2)20-10-15(18)17-8-4-7-16(3,19)11-17/h5-6,9,19H,4,7-8,10-11H2,1-3H3. The average molecular weight is 277 g/mol. The van der Waals surface area contributed by atoms with Crippen LogP contribution in [0.5, 0.6) is 5.75 Å². The normalized spacial score (nSPS) is 22.7. The van der Waals surface area contributed by atoms with Crippen LogP contribution >= 0.6 is 0 Å². The second-order valence-electron chi connectivity index (χ2n) is 5.95. The van der Waals surface area contributed by atoms with Gasteiger partial charge in [0.05, 0.1) is 5.60 Å². The number of aliphatic hydroxyl groups is 1. The van der Waals surface area contributed by atoms with Crippen molar-refractivity contribution in [1.82, 2.24) is 4.90 Å². The van der Waals surface area contributed by atoms with Gasteiger partial charge in [0.25, 0.3) is 5.91 Å². The lowest BCUT2D eigenvalue weighted by atomic mass is 9.95. The van der Waals surface area contributed by atoms with E-state index in [1.807, 2.05) is 32.0 Å². The molecule has 1 aliphatic rings. The molecule has 0 saturated carbocycles. The second kappa shape index (κ2) is 5.83. The summed E-state index contributed by atoms with van der Waals surface area (Å²) in [6, 6.07) is 5.80. The predicted molar refractivity (Wildman–Crippen MR) is 77.8 cm³/mol. The number of aryl methyl sites for hydroxylation is 2. The van der Waals surface area contributed by atoms with E-state index < -0.39 is 5.60 Å².